The Kier molecular flexibility index (Phi) is 8.60. The Balaban J connectivity index is 1.36. The summed E-state index contributed by atoms with van der Waals surface area (Å²) in [5.41, 5.74) is 3.55. The molecule has 0 spiro atoms. The van der Waals surface area contributed by atoms with Crippen molar-refractivity contribution in [1.29, 1.82) is 0 Å². The minimum Gasteiger partial charge on any atom is -0.493 e. The smallest absolute Gasteiger partial charge is 0.345 e. The lowest BCUT2D eigenvalue weighted by Gasteiger charge is -2.30. The highest BCUT2D eigenvalue weighted by molar-refractivity contribution is 7.14. The first-order valence-electron chi connectivity index (χ1n) is 13.6. The van der Waals surface area contributed by atoms with Gasteiger partial charge in [0.2, 0.25) is 5.91 Å². The highest BCUT2D eigenvalue weighted by Gasteiger charge is 2.26. The number of hydrogen-bond acceptors (Lipinski definition) is 6. The molecule has 0 saturated carbocycles. The molecule has 206 valence electrons. The third kappa shape index (κ3) is 6.59. The Morgan fingerprint density at radius 3 is 2.51 bits per heavy atom. The van der Waals surface area contributed by atoms with Gasteiger partial charge in [-0.15, -0.1) is 11.3 Å². The molecule has 39 heavy (non-hydrogen) atoms. The fraction of sp³-hybridized carbons (Fsp3) is 0.406. The summed E-state index contributed by atoms with van der Waals surface area (Å²) in [5.74, 6) is 0.746. The third-order valence-corrected chi connectivity index (χ3v) is 8.49. The van der Waals surface area contributed by atoms with Gasteiger partial charge in [-0.1, -0.05) is 71.9 Å². The third-order valence-electron chi connectivity index (χ3n) is 7.73. The summed E-state index contributed by atoms with van der Waals surface area (Å²) in [6.07, 6.45) is 2.94. The van der Waals surface area contributed by atoms with Crippen molar-refractivity contribution in [2.45, 2.75) is 78.1 Å². The van der Waals surface area contributed by atoms with Crippen molar-refractivity contribution < 1.29 is 13.9 Å². The number of aromatic nitrogens is 1. The van der Waals surface area contributed by atoms with Gasteiger partial charge in [0.25, 0.3) is 0 Å². The van der Waals surface area contributed by atoms with Crippen LogP contribution in [0.4, 0.5) is 5.13 Å². The van der Waals surface area contributed by atoms with Gasteiger partial charge in [0, 0.05) is 22.8 Å². The van der Waals surface area contributed by atoms with E-state index >= 15 is 0 Å². The van der Waals surface area contributed by atoms with E-state index in [2.05, 4.69) is 70.0 Å². The van der Waals surface area contributed by atoms with E-state index in [9.17, 15) is 9.59 Å². The van der Waals surface area contributed by atoms with E-state index < -0.39 is 5.63 Å². The van der Waals surface area contributed by atoms with Crippen LogP contribution >= 0.6 is 11.3 Å². The molecule has 0 atom stereocenters. The van der Waals surface area contributed by atoms with Crippen molar-refractivity contribution in [3.05, 3.63) is 75.5 Å². The van der Waals surface area contributed by atoms with Crippen LogP contribution in [-0.4, -0.2) is 17.5 Å². The topological polar surface area (TPSA) is 81.4 Å². The second-order valence-electron chi connectivity index (χ2n) is 11.2. The monoisotopic (exact) mass is 546 g/mol. The maximum atomic E-state index is 12.6. The average molecular weight is 547 g/mol. The van der Waals surface area contributed by atoms with E-state index in [1.165, 1.54) is 22.5 Å². The van der Waals surface area contributed by atoms with E-state index in [1.807, 2.05) is 18.2 Å². The van der Waals surface area contributed by atoms with Crippen molar-refractivity contribution in [2.75, 3.05) is 11.9 Å². The lowest BCUT2D eigenvalue weighted by molar-refractivity contribution is -0.116. The molecule has 4 rings (SSSR count). The zero-order chi connectivity index (χ0) is 28.2. The summed E-state index contributed by atoms with van der Waals surface area (Å²) < 4.78 is 11.6. The van der Waals surface area contributed by atoms with E-state index in [0.717, 1.165) is 24.0 Å². The first-order chi connectivity index (χ1) is 18.5. The predicted molar refractivity (Wildman–Crippen MR) is 160 cm³/mol. The number of ether oxygens (including phenoxy) is 1. The number of anilines is 1. The zero-order valence-corrected chi connectivity index (χ0v) is 24.5. The van der Waals surface area contributed by atoms with Gasteiger partial charge in [-0.25, -0.2) is 9.78 Å². The number of para-hydroxylation sites is 1. The van der Waals surface area contributed by atoms with Crippen LogP contribution in [-0.2, 0) is 15.6 Å². The molecule has 7 heteroatoms. The summed E-state index contributed by atoms with van der Waals surface area (Å²) in [6.45, 7) is 13.9. The van der Waals surface area contributed by atoms with Gasteiger partial charge in [0.15, 0.2) is 5.13 Å². The summed E-state index contributed by atoms with van der Waals surface area (Å²) in [7, 11) is 0. The number of benzene rings is 2. The molecule has 0 saturated heterocycles. The molecule has 1 amide bonds. The lowest BCUT2D eigenvalue weighted by atomic mass is 9.76. The Hall–Kier alpha value is -3.45. The molecule has 0 aliphatic rings. The first-order valence-corrected chi connectivity index (χ1v) is 14.5. The van der Waals surface area contributed by atoms with E-state index in [1.54, 1.807) is 17.5 Å². The summed E-state index contributed by atoms with van der Waals surface area (Å²) in [4.78, 5) is 29.5. The van der Waals surface area contributed by atoms with Gasteiger partial charge < -0.3 is 14.5 Å². The van der Waals surface area contributed by atoms with Crippen LogP contribution in [0.1, 0.15) is 78.4 Å². The van der Waals surface area contributed by atoms with Gasteiger partial charge in [0.1, 0.15) is 11.3 Å². The van der Waals surface area contributed by atoms with Crippen LogP contribution in [0, 0.1) is 0 Å². The van der Waals surface area contributed by atoms with Crippen LogP contribution in [0.25, 0.3) is 22.2 Å². The largest absolute Gasteiger partial charge is 0.493 e. The summed E-state index contributed by atoms with van der Waals surface area (Å²) in [5, 5.41) is 5.86. The molecule has 0 fully saturated rings. The Morgan fingerprint density at radius 1 is 1.03 bits per heavy atom. The van der Waals surface area contributed by atoms with E-state index in [4.69, 9.17) is 9.15 Å². The van der Waals surface area contributed by atoms with Crippen molar-refractivity contribution in [3.63, 3.8) is 0 Å². The summed E-state index contributed by atoms with van der Waals surface area (Å²) in [6, 6.07) is 15.7. The molecule has 2 heterocycles. The molecule has 0 radical (unpaired) electrons. The molecular weight excluding hydrogens is 508 g/mol. The number of nitrogens with zero attached hydrogens (tertiary/aromatic N) is 1. The maximum absolute atomic E-state index is 12.6. The minimum absolute atomic E-state index is 0.0165. The quantitative estimate of drug-likeness (QED) is 0.152. The maximum Gasteiger partial charge on any atom is 0.345 e. The molecule has 0 unspecified atom stereocenters. The predicted octanol–water partition coefficient (Wildman–Crippen LogP) is 8.09. The Bertz CT molecular complexity index is 1520. The highest BCUT2D eigenvalue weighted by Crippen LogP contribution is 2.38. The SMILES string of the molecule is CCC(C)(C)c1ccc(OCCCC(=O)Nc2nc(-c3cc4ccccc4oc3=O)cs2)c(C(C)(C)CC)c1. The molecule has 6 nitrogen and oxygen atoms in total. The van der Waals surface area contributed by atoms with Gasteiger partial charge >= 0.3 is 5.63 Å². The second-order valence-corrected chi connectivity index (χ2v) is 12.1. The minimum atomic E-state index is -0.453. The molecular formula is C32H38N2O4S. The normalized spacial score (nSPS) is 12.1. The standard InChI is InChI=1S/C32H38N2O4S/c1-7-31(3,4)22-15-16-27(24(19-22)32(5,6)8-2)37-17-11-14-28(35)34-30-33-25(20-39-30)23-18-21-12-9-10-13-26(21)38-29(23)36/h9-10,12-13,15-16,18-20H,7-8,11,14,17H2,1-6H3,(H,33,34,35). The lowest BCUT2D eigenvalue weighted by Crippen LogP contribution is -2.21. The Labute approximate surface area is 234 Å². The molecule has 1 N–H and O–H groups in total. The van der Waals surface area contributed by atoms with E-state index in [0.29, 0.717) is 41.4 Å². The number of carbonyl (C=O) groups is 1. The van der Waals surface area contributed by atoms with Crippen molar-refractivity contribution >= 4 is 33.3 Å². The second kappa shape index (κ2) is 11.7. The molecule has 2 aromatic heterocycles. The number of thiazole rings is 1. The zero-order valence-electron chi connectivity index (χ0n) is 23.7. The fourth-order valence-electron chi connectivity index (χ4n) is 4.29. The van der Waals surface area contributed by atoms with Gasteiger partial charge in [-0.05, 0) is 53.9 Å². The Morgan fingerprint density at radius 2 is 1.77 bits per heavy atom. The number of hydrogen-bond donors (Lipinski definition) is 1. The number of amides is 1. The molecule has 4 aromatic rings. The number of rotatable bonds is 11. The first kappa shape index (κ1) is 28.6. The average Bonchev–Trinajstić information content (AvgIpc) is 3.38. The molecule has 0 bridgehead atoms. The summed E-state index contributed by atoms with van der Waals surface area (Å²) >= 11 is 1.28. The van der Waals surface area contributed by atoms with Crippen molar-refractivity contribution in [3.8, 4) is 17.0 Å². The van der Waals surface area contributed by atoms with Crippen LogP contribution in [0.2, 0.25) is 0 Å². The molecule has 0 aliphatic carbocycles. The number of fused-ring (bicyclic) bond motifs is 1. The fourth-order valence-corrected chi connectivity index (χ4v) is 5.02. The van der Waals surface area contributed by atoms with Crippen LogP contribution in [0.5, 0.6) is 5.75 Å². The van der Waals surface area contributed by atoms with Gasteiger partial charge in [-0.3, -0.25) is 4.79 Å². The number of carbonyl (C=O) groups excluding carboxylic acids is 1. The van der Waals surface area contributed by atoms with Crippen molar-refractivity contribution in [2.24, 2.45) is 0 Å². The molecule has 0 aliphatic heterocycles. The van der Waals surface area contributed by atoms with Gasteiger partial charge in [-0.2, -0.15) is 0 Å². The van der Waals surface area contributed by atoms with Gasteiger partial charge in [0.05, 0.1) is 17.9 Å². The highest BCUT2D eigenvalue weighted by atomic mass is 32.1. The van der Waals surface area contributed by atoms with E-state index in [-0.39, 0.29) is 16.7 Å². The van der Waals surface area contributed by atoms with Crippen molar-refractivity contribution in [1.82, 2.24) is 4.98 Å². The molecule has 2 aromatic carbocycles. The van der Waals surface area contributed by atoms with Crippen LogP contribution < -0.4 is 15.7 Å². The van der Waals surface area contributed by atoms with Crippen LogP contribution in [0.3, 0.4) is 0 Å². The number of nitrogens with one attached hydrogen (secondary N) is 1. The van der Waals surface area contributed by atoms with Crippen LogP contribution in [0.15, 0.2) is 63.1 Å².